The van der Waals surface area contributed by atoms with E-state index < -0.39 is 0 Å². The Balaban J connectivity index is 1.69. The molecular formula is C17H15BrN2OS. The molecule has 1 aromatic carbocycles. The summed E-state index contributed by atoms with van der Waals surface area (Å²) >= 11 is 5.28. The Kier molecular flexibility index (Phi) is 3.86. The van der Waals surface area contributed by atoms with Crippen LogP contribution in [0, 0.1) is 0 Å². The van der Waals surface area contributed by atoms with Crippen molar-refractivity contribution in [2.24, 2.45) is 0 Å². The van der Waals surface area contributed by atoms with Gasteiger partial charge in [-0.3, -0.25) is 4.98 Å². The summed E-state index contributed by atoms with van der Waals surface area (Å²) in [6.07, 6.45) is 2.05. The fraction of sp³-hybridized carbons (Fsp3) is 0.235. The number of thiophene rings is 1. The van der Waals surface area contributed by atoms with Crippen LogP contribution in [0.25, 0.3) is 10.9 Å². The van der Waals surface area contributed by atoms with Crippen molar-refractivity contribution in [3.63, 3.8) is 0 Å². The lowest BCUT2D eigenvalue weighted by atomic mass is 10.1. The number of aromatic nitrogens is 1. The van der Waals surface area contributed by atoms with Crippen molar-refractivity contribution >= 4 is 43.9 Å². The maximum Gasteiger partial charge on any atom is 0.109 e. The molecule has 3 nitrogen and oxygen atoms in total. The molecule has 1 fully saturated rings. The summed E-state index contributed by atoms with van der Waals surface area (Å²) in [5.74, 6) is 0. The van der Waals surface area contributed by atoms with E-state index in [4.69, 9.17) is 4.74 Å². The van der Waals surface area contributed by atoms with Gasteiger partial charge in [-0.2, -0.15) is 0 Å². The number of rotatable bonds is 2. The second-order valence-corrected chi connectivity index (χ2v) is 7.21. The van der Waals surface area contributed by atoms with E-state index in [1.54, 1.807) is 11.3 Å². The Labute approximate surface area is 141 Å². The van der Waals surface area contributed by atoms with Gasteiger partial charge in [-0.1, -0.05) is 22.0 Å². The Morgan fingerprint density at radius 1 is 1.27 bits per heavy atom. The number of anilines is 1. The van der Waals surface area contributed by atoms with Crippen LogP contribution in [0.1, 0.15) is 11.0 Å². The maximum atomic E-state index is 5.95. The molecule has 4 rings (SSSR count). The molecular weight excluding hydrogens is 360 g/mol. The molecule has 1 unspecified atom stereocenters. The molecule has 112 valence electrons. The maximum absolute atomic E-state index is 5.95. The molecule has 1 atom stereocenters. The molecule has 3 heterocycles. The Bertz CT molecular complexity index is 790. The van der Waals surface area contributed by atoms with Crippen molar-refractivity contribution in [3.05, 3.63) is 57.3 Å². The van der Waals surface area contributed by atoms with Crippen molar-refractivity contribution in [1.29, 1.82) is 0 Å². The van der Waals surface area contributed by atoms with Gasteiger partial charge in [0.1, 0.15) is 6.10 Å². The number of halogens is 1. The van der Waals surface area contributed by atoms with Crippen LogP contribution >= 0.6 is 27.3 Å². The lowest BCUT2D eigenvalue weighted by Crippen LogP contribution is -2.38. The summed E-state index contributed by atoms with van der Waals surface area (Å²) in [6, 6.07) is 12.6. The first-order valence-electron chi connectivity index (χ1n) is 7.25. The van der Waals surface area contributed by atoms with Gasteiger partial charge in [0, 0.05) is 39.7 Å². The van der Waals surface area contributed by atoms with Crippen LogP contribution < -0.4 is 4.90 Å². The lowest BCUT2D eigenvalue weighted by Gasteiger charge is -2.34. The molecule has 22 heavy (non-hydrogen) atoms. The van der Waals surface area contributed by atoms with E-state index in [9.17, 15) is 0 Å². The topological polar surface area (TPSA) is 25.4 Å². The van der Waals surface area contributed by atoms with Crippen molar-refractivity contribution < 1.29 is 4.74 Å². The van der Waals surface area contributed by atoms with Crippen molar-refractivity contribution in [3.8, 4) is 0 Å². The van der Waals surface area contributed by atoms with Gasteiger partial charge in [0.15, 0.2) is 0 Å². The zero-order valence-corrected chi connectivity index (χ0v) is 14.3. The van der Waals surface area contributed by atoms with Crippen LogP contribution in [0.3, 0.4) is 0 Å². The van der Waals surface area contributed by atoms with Gasteiger partial charge in [0.05, 0.1) is 12.1 Å². The summed E-state index contributed by atoms with van der Waals surface area (Å²) in [6.45, 7) is 2.55. The number of nitrogens with zero attached hydrogens (tertiary/aromatic N) is 2. The number of hydrogen-bond acceptors (Lipinski definition) is 4. The van der Waals surface area contributed by atoms with Crippen LogP contribution in [0.15, 0.2) is 52.4 Å². The number of pyridine rings is 1. The lowest BCUT2D eigenvalue weighted by molar-refractivity contribution is 0.0422. The number of fused-ring (bicyclic) bond motifs is 1. The SMILES string of the molecule is Brc1ccc2c(N3CCOC(c4cccs4)C3)ccnc2c1. The summed E-state index contributed by atoms with van der Waals surface area (Å²) < 4.78 is 7.01. The van der Waals surface area contributed by atoms with Gasteiger partial charge in [-0.05, 0) is 35.7 Å². The third-order valence-electron chi connectivity index (χ3n) is 3.95. The first kappa shape index (κ1) is 14.2. The van der Waals surface area contributed by atoms with Crippen molar-refractivity contribution in [1.82, 2.24) is 4.98 Å². The van der Waals surface area contributed by atoms with E-state index in [1.165, 1.54) is 16.0 Å². The molecule has 1 aliphatic rings. The van der Waals surface area contributed by atoms with Crippen LogP contribution in [0.4, 0.5) is 5.69 Å². The summed E-state index contributed by atoms with van der Waals surface area (Å²) in [5, 5.41) is 3.30. The van der Waals surface area contributed by atoms with E-state index >= 15 is 0 Å². The summed E-state index contributed by atoms with van der Waals surface area (Å²) in [7, 11) is 0. The molecule has 1 aliphatic heterocycles. The normalized spacial score (nSPS) is 18.8. The fourth-order valence-corrected chi connectivity index (χ4v) is 4.01. The zero-order chi connectivity index (χ0) is 14.9. The van der Waals surface area contributed by atoms with Crippen molar-refractivity contribution in [2.75, 3.05) is 24.6 Å². The molecule has 0 amide bonds. The highest BCUT2D eigenvalue weighted by Gasteiger charge is 2.24. The van der Waals surface area contributed by atoms with E-state index in [2.05, 4.69) is 67.6 Å². The minimum absolute atomic E-state index is 0.160. The second kappa shape index (κ2) is 5.99. The van der Waals surface area contributed by atoms with Gasteiger partial charge >= 0.3 is 0 Å². The van der Waals surface area contributed by atoms with Crippen LogP contribution in [0.5, 0.6) is 0 Å². The molecule has 1 saturated heterocycles. The van der Waals surface area contributed by atoms with E-state index in [0.29, 0.717) is 0 Å². The number of morpholine rings is 1. The number of ether oxygens (including phenoxy) is 1. The van der Waals surface area contributed by atoms with E-state index in [0.717, 1.165) is 29.7 Å². The van der Waals surface area contributed by atoms with E-state index in [-0.39, 0.29) is 6.10 Å². The van der Waals surface area contributed by atoms with Gasteiger partial charge in [-0.25, -0.2) is 0 Å². The van der Waals surface area contributed by atoms with Crippen molar-refractivity contribution in [2.45, 2.75) is 6.10 Å². The highest BCUT2D eigenvalue weighted by Crippen LogP contribution is 2.32. The molecule has 2 aromatic heterocycles. The summed E-state index contributed by atoms with van der Waals surface area (Å²) in [4.78, 5) is 8.19. The average molecular weight is 375 g/mol. The van der Waals surface area contributed by atoms with Crippen LogP contribution in [0.2, 0.25) is 0 Å². The molecule has 0 bridgehead atoms. The standard InChI is InChI=1S/C17H15BrN2OS/c18-12-3-4-13-14(10-12)19-6-5-15(13)20-7-8-21-16(11-20)17-2-1-9-22-17/h1-6,9-10,16H,7-8,11H2. The molecule has 0 N–H and O–H groups in total. The largest absolute Gasteiger partial charge is 0.369 e. The van der Waals surface area contributed by atoms with Gasteiger partial charge in [-0.15, -0.1) is 11.3 Å². The Morgan fingerprint density at radius 3 is 3.09 bits per heavy atom. The van der Waals surface area contributed by atoms with E-state index in [1.807, 2.05) is 6.20 Å². The average Bonchev–Trinajstić information content (AvgIpc) is 3.08. The summed E-state index contributed by atoms with van der Waals surface area (Å²) in [5.41, 5.74) is 2.26. The van der Waals surface area contributed by atoms with Gasteiger partial charge in [0.25, 0.3) is 0 Å². The third kappa shape index (κ3) is 2.64. The predicted octanol–water partition coefficient (Wildman–Crippen LogP) is 4.64. The molecule has 3 aromatic rings. The quantitative estimate of drug-likeness (QED) is 0.653. The molecule has 0 radical (unpaired) electrons. The smallest absolute Gasteiger partial charge is 0.109 e. The predicted molar refractivity (Wildman–Crippen MR) is 94.7 cm³/mol. The first-order valence-corrected chi connectivity index (χ1v) is 8.93. The Morgan fingerprint density at radius 2 is 2.23 bits per heavy atom. The van der Waals surface area contributed by atoms with Gasteiger partial charge in [0.2, 0.25) is 0 Å². The molecule has 0 spiro atoms. The fourth-order valence-electron chi connectivity index (χ4n) is 2.90. The van der Waals surface area contributed by atoms with Crippen LogP contribution in [-0.2, 0) is 4.74 Å². The first-order chi connectivity index (χ1) is 10.8. The molecule has 0 aliphatic carbocycles. The minimum atomic E-state index is 0.160. The minimum Gasteiger partial charge on any atom is -0.369 e. The Hall–Kier alpha value is -1.43. The third-order valence-corrected chi connectivity index (χ3v) is 5.41. The number of hydrogen-bond donors (Lipinski definition) is 0. The van der Waals surface area contributed by atoms with Crippen LogP contribution in [-0.4, -0.2) is 24.7 Å². The molecule has 5 heteroatoms. The zero-order valence-electron chi connectivity index (χ0n) is 11.9. The highest BCUT2D eigenvalue weighted by atomic mass is 79.9. The van der Waals surface area contributed by atoms with Gasteiger partial charge < -0.3 is 9.64 Å². The highest BCUT2D eigenvalue weighted by molar-refractivity contribution is 9.10. The molecule has 0 saturated carbocycles. The number of benzene rings is 1. The second-order valence-electron chi connectivity index (χ2n) is 5.31. The monoisotopic (exact) mass is 374 g/mol.